The highest BCUT2D eigenvalue weighted by molar-refractivity contribution is 5.39. The molecule has 2 heterocycles. The Morgan fingerprint density at radius 2 is 1.96 bits per heavy atom. The molecule has 2 aliphatic rings. The van der Waals surface area contributed by atoms with Crippen molar-refractivity contribution in [1.29, 1.82) is 0 Å². The van der Waals surface area contributed by atoms with Crippen LogP contribution in [-0.4, -0.2) is 12.2 Å². The third kappa shape index (κ3) is 3.33. The third-order valence-corrected chi connectivity index (χ3v) is 5.34. The molecule has 1 aromatic rings. The van der Waals surface area contributed by atoms with Crippen molar-refractivity contribution in [3.05, 3.63) is 41.5 Å². The van der Waals surface area contributed by atoms with Crippen molar-refractivity contribution in [2.75, 3.05) is 6.61 Å². The Hall–Kier alpha value is -1.28. The van der Waals surface area contributed by atoms with Crippen molar-refractivity contribution in [2.24, 2.45) is 11.3 Å². The number of benzene rings is 1. The SMILES string of the molecule is CC(C)=CCCC1(C)Oc2ccccc2[C@@H]2OCC(C)(C)CC21. The zero-order valence-electron chi connectivity index (χ0n) is 15.2. The number of hydrogen-bond donors (Lipinski definition) is 0. The van der Waals surface area contributed by atoms with Gasteiger partial charge in [0.15, 0.2) is 0 Å². The molecule has 0 bridgehead atoms. The van der Waals surface area contributed by atoms with E-state index < -0.39 is 0 Å². The van der Waals surface area contributed by atoms with Gasteiger partial charge >= 0.3 is 0 Å². The number of fused-ring (bicyclic) bond motifs is 3. The minimum atomic E-state index is -0.164. The molecule has 2 unspecified atom stereocenters. The quantitative estimate of drug-likeness (QED) is 0.667. The second-order valence-corrected chi connectivity index (χ2v) is 8.48. The Morgan fingerprint density at radius 3 is 2.70 bits per heavy atom. The van der Waals surface area contributed by atoms with E-state index in [1.54, 1.807) is 0 Å². The third-order valence-electron chi connectivity index (χ3n) is 5.34. The summed E-state index contributed by atoms with van der Waals surface area (Å²) in [5, 5.41) is 0. The summed E-state index contributed by atoms with van der Waals surface area (Å²) in [6, 6.07) is 8.41. The van der Waals surface area contributed by atoms with E-state index in [-0.39, 0.29) is 17.1 Å². The van der Waals surface area contributed by atoms with Gasteiger partial charge in [0.2, 0.25) is 0 Å². The molecule has 0 N–H and O–H groups in total. The second-order valence-electron chi connectivity index (χ2n) is 8.48. The summed E-state index contributed by atoms with van der Waals surface area (Å²) in [4.78, 5) is 0. The molecule has 0 radical (unpaired) electrons. The van der Waals surface area contributed by atoms with E-state index in [9.17, 15) is 0 Å². The fourth-order valence-electron chi connectivity index (χ4n) is 4.05. The maximum atomic E-state index is 6.55. The lowest BCUT2D eigenvalue weighted by molar-refractivity contribution is -0.162. The molecular formula is C21H30O2. The van der Waals surface area contributed by atoms with E-state index in [0.717, 1.165) is 31.6 Å². The lowest BCUT2D eigenvalue weighted by Gasteiger charge is -2.52. The smallest absolute Gasteiger partial charge is 0.125 e. The average Bonchev–Trinajstić information content (AvgIpc) is 2.46. The molecule has 0 aliphatic carbocycles. The number of ether oxygens (including phenoxy) is 2. The Kier molecular flexibility index (Phi) is 4.31. The van der Waals surface area contributed by atoms with Crippen molar-refractivity contribution >= 4 is 0 Å². The monoisotopic (exact) mass is 314 g/mol. The molecule has 1 aromatic carbocycles. The van der Waals surface area contributed by atoms with Crippen LogP contribution in [0.1, 0.15) is 65.5 Å². The fourth-order valence-corrected chi connectivity index (χ4v) is 4.05. The van der Waals surface area contributed by atoms with Crippen LogP contribution in [-0.2, 0) is 4.74 Å². The van der Waals surface area contributed by atoms with E-state index in [2.05, 4.69) is 65.0 Å². The predicted octanol–water partition coefficient (Wildman–Crippen LogP) is 5.69. The lowest BCUT2D eigenvalue weighted by Crippen LogP contribution is -2.52. The Morgan fingerprint density at radius 1 is 1.22 bits per heavy atom. The highest BCUT2D eigenvalue weighted by Gasteiger charge is 2.51. The average molecular weight is 314 g/mol. The zero-order chi connectivity index (χ0) is 16.7. The predicted molar refractivity (Wildman–Crippen MR) is 94.7 cm³/mol. The van der Waals surface area contributed by atoms with E-state index in [0.29, 0.717) is 5.92 Å². The summed E-state index contributed by atoms with van der Waals surface area (Å²) in [7, 11) is 0. The molecule has 23 heavy (non-hydrogen) atoms. The van der Waals surface area contributed by atoms with Crippen LogP contribution in [0.3, 0.4) is 0 Å². The Labute approximate surface area is 140 Å². The number of allylic oxidation sites excluding steroid dienone is 2. The first-order chi connectivity index (χ1) is 10.8. The highest BCUT2D eigenvalue weighted by atomic mass is 16.5. The van der Waals surface area contributed by atoms with Crippen molar-refractivity contribution in [3.8, 4) is 5.75 Å². The molecule has 0 aromatic heterocycles. The van der Waals surface area contributed by atoms with Crippen LogP contribution < -0.4 is 4.74 Å². The summed E-state index contributed by atoms with van der Waals surface area (Å²) in [5.41, 5.74) is 2.66. The molecule has 2 nitrogen and oxygen atoms in total. The van der Waals surface area contributed by atoms with Gasteiger partial charge in [-0.3, -0.25) is 0 Å². The number of hydrogen-bond acceptors (Lipinski definition) is 2. The van der Waals surface area contributed by atoms with Gasteiger partial charge in [0, 0.05) is 11.5 Å². The van der Waals surface area contributed by atoms with Crippen molar-refractivity contribution < 1.29 is 9.47 Å². The van der Waals surface area contributed by atoms with Crippen molar-refractivity contribution in [3.63, 3.8) is 0 Å². The van der Waals surface area contributed by atoms with Crippen LogP contribution in [0.4, 0.5) is 0 Å². The minimum Gasteiger partial charge on any atom is -0.487 e. The molecule has 1 saturated heterocycles. The van der Waals surface area contributed by atoms with Crippen LogP contribution >= 0.6 is 0 Å². The van der Waals surface area contributed by atoms with Gasteiger partial charge < -0.3 is 9.47 Å². The minimum absolute atomic E-state index is 0.164. The maximum absolute atomic E-state index is 6.55. The Balaban J connectivity index is 1.93. The number of rotatable bonds is 3. The normalized spacial score (nSPS) is 31.5. The number of para-hydroxylation sites is 1. The van der Waals surface area contributed by atoms with Crippen LogP contribution in [0.5, 0.6) is 5.75 Å². The van der Waals surface area contributed by atoms with Gasteiger partial charge in [-0.15, -0.1) is 0 Å². The van der Waals surface area contributed by atoms with Gasteiger partial charge in [0.05, 0.1) is 12.7 Å². The van der Waals surface area contributed by atoms with Gasteiger partial charge in [0.25, 0.3) is 0 Å². The standard InChI is InChI=1S/C21H30O2/c1-15(2)9-8-12-21(5)17-13-20(3,4)14-22-19(17)16-10-6-7-11-18(16)23-21/h6-7,9-11,17,19H,8,12-14H2,1-5H3/t17?,19-,21?/m0/s1. The fraction of sp³-hybridized carbons (Fsp3) is 0.619. The molecular weight excluding hydrogens is 284 g/mol. The van der Waals surface area contributed by atoms with E-state index in [1.807, 2.05) is 0 Å². The first kappa shape index (κ1) is 16.6. The van der Waals surface area contributed by atoms with E-state index in [4.69, 9.17) is 9.47 Å². The molecule has 0 saturated carbocycles. The molecule has 3 rings (SSSR count). The van der Waals surface area contributed by atoms with Gasteiger partial charge in [0.1, 0.15) is 11.4 Å². The summed E-state index contributed by atoms with van der Waals surface area (Å²) in [6.45, 7) is 12.0. The molecule has 2 aliphatic heterocycles. The van der Waals surface area contributed by atoms with Crippen molar-refractivity contribution in [1.82, 2.24) is 0 Å². The van der Waals surface area contributed by atoms with Crippen LogP contribution in [0.2, 0.25) is 0 Å². The molecule has 126 valence electrons. The first-order valence-corrected chi connectivity index (χ1v) is 8.84. The summed E-state index contributed by atoms with van der Waals surface area (Å²) >= 11 is 0. The molecule has 3 atom stereocenters. The summed E-state index contributed by atoms with van der Waals surface area (Å²) in [5.74, 6) is 1.42. The second kappa shape index (κ2) is 5.98. The molecule has 0 amide bonds. The van der Waals surface area contributed by atoms with E-state index in [1.165, 1.54) is 11.1 Å². The summed E-state index contributed by atoms with van der Waals surface area (Å²) < 4.78 is 12.9. The largest absolute Gasteiger partial charge is 0.487 e. The van der Waals surface area contributed by atoms with Gasteiger partial charge in [-0.25, -0.2) is 0 Å². The van der Waals surface area contributed by atoms with Gasteiger partial charge in [-0.2, -0.15) is 0 Å². The van der Waals surface area contributed by atoms with Crippen LogP contribution in [0.25, 0.3) is 0 Å². The topological polar surface area (TPSA) is 18.5 Å². The molecule has 2 heteroatoms. The van der Waals surface area contributed by atoms with Gasteiger partial charge in [-0.05, 0) is 51.5 Å². The molecule has 0 spiro atoms. The maximum Gasteiger partial charge on any atom is 0.125 e. The first-order valence-electron chi connectivity index (χ1n) is 8.84. The summed E-state index contributed by atoms with van der Waals surface area (Å²) in [6.07, 6.45) is 5.73. The van der Waals surface area contributed by atoms with Crippen LogP contribution in [0.15, 0.2) is 35.9 Å². The highest BCUT2D eigenvalue weighted by Crippen LogP contribution is 2.54. The Bertz CT molecular complexity index is 598. The molecule has 1 fully saturated rings. The van der Waals surface area contributed by atoms with Gasteiger partial charge in [-0.1, -0.05) is 43.7 Å². The van der Waals surface area contributed by atoms with Crippen LogP contribution in [0, 0.1) is 11.3 Å². The van der Waals surface area contributed by atoms with Crippen molar-refractivity contribution in [2.45, 2.75) is 65.6 Å². The lowest BCUT2D eigenvalue weighted by atomic mass is 9.67. The zero-order valence-corrected chi connectivity index (χ0v) is 15.2. The van der Waals surface area contributed by atoms with E-state index >= 15 is 0 Å².